The Hall–Kier alpha value is -2.15. The summed E-state index contributed by atoms with van der Waals surface area (Å²) < 4.78 is 18.2. The monoisotopic (exact) mass is 335 g/mol. The zero-order valence-electron chi connectivity index (χ0n) is 13.0. The van der Waals surface area contributed by atoms with Crippen LogP contribution in [0.5, 0.6) is 5.88 Å². The molecule has 0 radical (unpaired) electrons. The van der Waals surface area contributed by atoms with Crippen molar-refractivity contribution in [2.24, 2.45) is 0 Å². The summed E-state index contributed by atoms with van der Waals surface area (Å²) in [6, 6.07) is 6.84. The predicted molar refractivity (Wildman–Crippen MR) is 89.3 cm³/mol. The summed E-state index contributed by atoms with van der Waals surface area (Å²) in [5.41, 5.74) is 1.24. The number of thioether (sulfide) groups is 1. The zero-order valence-corrected chi connectivity index (χ0v) is 13.8. The summed E-state index contributed by atoms with van der Waals surface area (Å²) in [6.07, 6.45) is 4.04. The molecule has 2 aromatic rings. The second kappa shape index (κ2) is 8.47. The van der Waals surface area contributed by atoms with E-state index in [1.165, 1.54) is 7.11 Å². The van der Waals surface area contributed by atoms with Crippen LogP contribution in [-0.4, -0.2) is 41.5 Å². The summed E-state index contributed by atoms with van der Waals surface area (Å²) in [6.45, 7) is 0.652. The van der Waals surface area contributed by atoms with Gasteiger partial charge in [-0.15, -0.1) is 0 Å². The Morgan fingerprint density at radius 1 is 1.35 bits per heavy atom. The highest BCUT2D eigenvalue weighted by molar-refractivity contribution is 7.98. The average Bonchev–Trinajstić information content (AvgIpc) is 2.59. The van der Waals surface area contributed by atoms with Crippen LogP contribution in [-0.2, 0) is 0 Å². The molecule has 23 heavy (non-hydrogen) atoms. The van der Waals surface area contributed by atoms with Gasteiger partial charge in [-0.05, 0) is 30.6 Å². The third kappa shape index (κ3) is 4.66. The molecule has 0 spiro atoms. The number of nitrogens with zero attached hydrogens (tertiary/aromatic N) is 2. The number of amides is 1. The number of hydrogen-bond donors (Lipinski definition) is 1. The molecule has 0 aliphatic heterocycles. The first kappa shape index (κ1) is 17.2. The van der Waals surface area contributed by atoms with Crippen molar-refractivity contribution in [2.45, 2.75) is 6.42 Å². The summed E-state index contributed by atoms with van der Waals surface area (Å²) >= 11 is 1.75. The predicted octanol–water partition coefficient (Wildman–Crippen LogP) is 2.77. The van der Waals surface area contributed by atoms with Crippen molar-refractivity contribution in [3.63, 3.8) is 0 Å². The summed E-state index contributed by atoms with van der Waals surface area (Å²) in [4.78, 5) is 19.9. The summed E-state index contributed by atoms with van der Waals surface area (Å²) in [5.74, 6) is 0.525. The van der Waals surface area contributed by atoms with Gasteiger partial charge in [-0.3, -0.25) is 4.79 Å². The number of methoxy groups -OCH3 is 1. The van der Waals surface area contributed by atoms with Crippen molar-refractivity contribution in [3.8, 4) is 17.3 Å². The van der Waals surface area contributed by atoms with Gasteiger partial charge in [0.2, 0.25) is 5.82 Å². The van der Waals surface area contributed by atoms with Gasteiger partial charge in [-0.25, -0.2) is 4.98 Å². The van der Waals surface area contributed by atoms with Gasteiger partial charge in [0.25, 0.3) is 11.8 Å². The highest BCUT2D eigenvalue weighted by atomic mass is 32.2. The van der Waals surface area contributed by atoms with Crippen molar-refractivity contribution < 1.29 is 13.9 Å². The first-order valence-electron chi connectivity index (χ1n) is 7.10. The van der Waals surface area contributed by atoms with Crippen LogP contribution in [0.25, 0.3) is 11.4 Å². The number of carbonyl (C=O) groups is 1. The molecule has 1 aromatic carbocycles. The van der Waals surface area contributed by atoms with Crippen molar-refractivity contribution in [1.82, 2.24) is 15.3 Å². The molecule has 2 rings (SSSR count). The molecule has 0 unspecified atom stereocenters. The van der Waals surface area contributed by atoms with Crippen molar-refractivity contribution in [1.29, 1.82) is 0 Å². The standard InChI is InChI=1S/C16H18FN3O2S/c1-22-16-13(17)10-19-14(20-16)11-4-6-12(7-5-11)15(21)18-8-3-9-23-2/h4-7,10H,3,8-9H2,1-2H3,(H,18,21). The van der Waals surface area contributed by atoms with E-state index in [4.69, 9.17) is 4.74 Å². The quantitative estimate of drug-likeness (QED) is 0.788. The molecule has 0 saturated heterocycles. The topological polar surface area (TPSA) is 64.1 Å². The van der Waals surface area contributed by atoms with Crippen LogP contribution >= 0.6 is 11.8 Å². The maximum absolute atomic E-state index is 13.3. The lowest BCUT2D eigenvalue weighted by atomic mass is 10.1. The molecule has 0 atom stereocenters. The molecule has 0 fully saturated rings. The smallest absolute Gasteiger partial charge is 0.253 e. The maximum Gasteiger partial charge on any atom is 0.253 e. The Labute approximate surface area is 138 Å². The van der Waals surface area contributed by atoms with Gasteiger partial charge in [0.05, 0.1) is 13.3 Å². The van der Waals surface area contributed by atoms with E-state index >= 15 is 0 Å². The average molecular weight is 335 g/mol. The van der Waals surface area contributed by atoms with Crippen LogP contribution < -0.4 is 10.1 Å². The van der Waals surface area contributed by atoms with Crippen LogP contribution in [0.1, 0.15) is 16.8 Å². The molecule has 5 nitrogen and oxygen atoms in total. The number of aromatic nitrogens is 2. The Balaban J connectivity index is 2.05. The molecule has 0 aliphatic carbocycles. The van der Waals surface area contributed by atoms with Crippen molar-refractivity contribution in [3.05, 3.63) is 41.8 Å². The number of hydrogen-bond acceptors (Lipinski definition) is 5. The van der Waals surface area contributed by atoms with Gasteiger partial charge < -0.3 is 10.1 Å². The number of benzene rings is 1. The number of carbonyl (C=O) groups excluding carboxylic acids is 1. The van der Waals surface area contributed by atoms with Crippen LogP contribution in [0.2, 0.25) is 0 Å². The largest absolute Gasteiger partial charge is 0.479 e. The van der Waals surface area contributed by atoms with Crippen LogP contribution in [0.15, 0.2) is 30.5 Å². The third-order valence-electron chi connectivity index (χ3n) is 3.12. The second-order valence-corrected chi connectivity index (χ2v) is 5.72. The maximum atomic E-state index is 13.3. The zero-order chi connectivity index (χ0) is 16.7. The molecular weight excluding hydrogens is 317 g/mol. The number of halogens is 1. The van der Waals surface area contributed by atoms with Crippen molar-refractivity contribution in [2.75, 3.05) is 25.7 Å². The fourth-order valence-electron chi connectivity index (χ4n) is 1.92. The lowest BCUT2D eigenvalue weighted by molar-refractivity contribution is 0.0954. The molecule has 0 aliphatic rings. The van der Waals surface area contributed by atoms with Crippen LogP contribution in [0, 0.1) is 5.82 Å². The van der Waals surface area contributed by atoms with Gasteiger partial charge in [0, 0.05) is 17.7 Å². The van der Waals surface area contributed by atoms with Gasteiger partial charge in [-0.2, -0.15) is 21.1 Å². The third-order valence-corrected chi connectivity index (χ3v) is 3.82. The molecule has 122 valence electrons. The fourth-order valence-corrected chi connectivity index (χ4v) is 2.36. The molecule has 0 saturated carbocycles. The molecule has 1 N–H and O–H groups in total. The fraction of sp³-hybridized carbons (Fsp3) is 0.312. The number of rotatable bonds is 7. The number of ether oxygens (including phenoxy) is 1. The van der Waals surface area contributed by atoms with Crippen LogP contribution in [0.4, 0.5) is 4.39 Å². The highest BCUT2D eigenvalue weighted by Gasteiger charge is 2.10. The van der Waals surface area contributed by atoms with Crippen molar-refractivity contribution >= 4 is 17.7 Å². The van der Waals surface area contributed by atoms with E-state index in [1.807, 2.05) is 6.26 Å². The second-order valence-electron chi connectivity index (χ2n) is 4.73. The molecule has 0 bridgehead atoms. The normalized spacial score (nSPS) is 10.4. The minimum absolute atomic E-state index is 0.106. The van der Waals surface area contributed by atoms with E-state index < -0.39 is 5.82 Å². The van der Waals surface area contributed by atoms with E-state index in [1.54, 1.807) is 36.0 Å². The number of nitrogens with one attached hydrogen (secondary N) is 1. The molecule has 7 heteroatoms. The lowest BCUT2D eigenvalue weighted by Gasteiger charge is -2.06. The Morgan fingerprint density at radius 3 is 2.74 bits per heavy atom. The molecule has 1 heterocycles. The summed E-state index contributed by atoms with van der Waals surface area (Å²) in [7, 11) is 1.35. The van der Waals surface area contributed by atoms with E-state index in [0.29, 0.717) is 23.5 Å². The summed E-state index contributed by atoms with van der Waals surface area (Å²) in [5, 5.41) is 2.87. The Morgan fingerprint density at radius 2 is 2.09 bits per heavy atom. The highest BCUT2D eigenvalue weighted by Crippen LogP contribution is 2.20. The molecular formula is C16H18FN3O2S. The first-order chi connectivity index (χ1) is 11.2. The molecule has 1 aromatic heterocycles. The van der Waals surface area contributed by atoms with E-state index in [-0.39, 0.29) is 11.8 Å². The lowest BCUT2D eigenvalue weighted by Crippen LogP contribution is -2.24. The molecule has 1 amide bonds. The van der Waals surface area contributed by atoms with Gasteiger partial charge >= 0.3 is 0 Å². The van der Waals surface area contributed by atoms with Gasteiger partial charge in [0.1, 0.15) is 0 Å². The minimum Gasteiger partial charge on any atom is -0.479 e. The van der Waals surface area contributed by atoms with E-state index in [9.17, 15) is 9.18 Å². The van der Waals surface area contributed by atoms with Crippen LogP contribution in [0.3, 0.4) is 0 Å². The SMILES string of the molecule is COc1nc(-c2ccc(C(=O)NCCCSC)cc2)ncc1F. The van der Waals surface area contributed by atoms with E-state index in [2.05, 4.69) is 15.3 Å². The van der Waals surface area contributed by atoms with Gasteiger partial charge in [0.15, 0.2) is 5.82 Å². The van der Waals surface area contributed by atoms with Gasteiger partial charge in [-0.1, -0.05) is 12.1 Å². The first-order valence-corrected chi connectivity index (χ1v) is 8.49. The minimum atomic E-state index is -0.613. The Bertz CT molecular complexity index is 665. The van der Waals surface area contributed by atoms with E-state index in [0.717, 1.165) is 18.4 Å². The Kier molecular flexibility index (Phi) is 6.34.